The Bertz CT molecular complexity index is 642. The summed E-state index contributed by atoms with van der Waals surface area (Å²) in [7, 11) is 0. The van der Waals surface area contributed by atoms with Crippen LogP contribution in [0.4, 0.5) is 5.69 Å². The fourth-order valence-electron chi connectivity index (χ4n) is 1.61. The van der Waals surface area contributed by atoms with E-state index in [4.69, 9.17) is 5.73 Å². The molecular weight excluding hydrogens is 200 g/mol. The smallest absolute Gasteiger partial charge is 0.156 e. The van der Waals surface area contributed by atoms with Crippen LogP contribution in [0.5, 0.6) is 0 Å². The molecule has 77 valence electrons. The van der Waals surface area contributed by atoms with Gasteiger partial charge in [0.1, 0.15) is 5.52 Å². The summed E-state index contributed by atoms with van der Waals surface area (Å²) in [4.78, 5) is 11.7. The number of H-pyrrole nitrogens is 1. The number of benzene rings is 1. The maximum absolute atomic E-state index is 5.73. The molecule has 4 heteroatoms. The molecule has 0 spiro atoms. The lowest BCUT2D eigenvalue weighted by Gasteiger charge is -2.01. The maximum atomic E-state index is 5.73. The third kappa shape index (κ3) is 1.40. The van der Waals surface area contributed by atoms with Crippen molar-refractivity contribution in [2.45, 2.75) is 0 Å². The highest BCUT2D eigenvalue weighted by Crippen LogP contribution is 2.20. The quantitative estimate of drug-likeness (QED) is 0.602. The predicted molar refractivity (Wildman–Crippen MR) is 62.6 cm³/mol. The molecule has 3 aromatic rings. The van der Waals surface area contributed by atoms with Crippen LogP contribution >= 0.6 is 0 Å². The zero-order valence-corrected chi connectivity index (χ0v) is 8.44. The summed E-state index contributed by atoms with van der Waals surface area (Å²) in [6.45, 7) is 0. The molecular formula is C12H9N4. The number of aromatic nitrogens is 3. The van der Waals surface area contributed by atoms with Gasteiger partial charge in [0.2, 0.25) is 0 Å². The van der Waals surface area contributed by atoms with Gasteiger partial charge in [0.25, 0.3) is 0 Å². The lowest BCUT2D eigenvalue weighted by molar-refractivity contribution is 1.26. The normalized spacial score (nSPS) is 10.8. The van der Waals surface area contributed by atoms with Gasteiger partial charge in [-0.1, -0.05) is 12.1 Å². The molecule has 3 N–H and O–H groups in total. The topological polar surface area (TPSA) is 67.6 Å². The third-order valence-corrected chi connectivity index (χ3v) is 2.37. The number of nitrogen functional groups attached to an aromatic ring is 1. The zero-order valence-electron chi connectivity index (χ0n) is 8.44. The molecule has 1 aromatic carbocycles. The van der Waals surface area contributed by atoms with Crippen molar-refractivity contribution in [1.82, 2.24) is 15.0 Å². The Kier molecular flexibility index (Phi) is 1.86. The van der Waals surface area contributed by atoms with Gasteiger partial charge in [-0.05, 0) is 12.1 Å². The zero-order chi connectivity index (χ0) is 11.0. The van der Waals surface area contributed by atoms with Gasteiger partial charge in [0.05, 0.1) is 11.9 Å². The summed E-state index contributed by atoms with van der Waals surface area (Å²) in [5.74, 6) is 0. The van der Waals surface area contributed by atoms with E-state index < -0.39 is 0 Å². The molecule has 0 amide bonds. The molecule has 1 radical (unpaired) electrons. The number of nitrogens with zero attached hydrogens (tertiary/aromatic N) is 2. The third-order valence-electron chi connectivity index (χ3n) is 2.37. The minimum Gasteiger partial charge on any atom is -0.399 e. The van der Waals surface area contributed by atoms with E-state index in [1.54, 1.807) is 12.4 Å². The lowest BCUT2D eigenvalue weighted by atomic mass is 10.1. The van der Waals surface area contributed by atoms with E-state index in [1.165, 1.54) is 0 Å². The number of hydrogen-bond donors (Lipinski definition) is 2. The van der Waals surface area contributed by atoms with E-state index in [2.05, 4.69) is 21.0 Å². The molecule has 0 atom stereocenters. The Labute approximate surface area is 92.2 Å². The molecule has 0 aliphatic rings. The van der Waals surface area contributed by atoms with E-state index in [1.807, 2.05) is 24.3 Å². The highest BCUT2D eigenvalue weighted by molar-refractivity contribution is 5.74. The Hall–Kier alpha value is -2.36. The largest absolute Gasteiger partial charge is 0.399 e. The molecule has 16 heavy (non-hydrogen) atoms. The van der Waals surface area contributed by atoms with Crippen molar-refractivity contribution >= 4 is 16.9 Å². The van der Waals surface area contributed by atoms with Crippen molar-refractivity contribution in [3.05, 3.63) is 42.7 Å². The number of nitrogens with one attached hydrogen (secondary N) is 1. The van der Waals surface area contributed by atoms with Gasteiger partial charge in [-0.25, -0.2) is 9.97 Å². The standard InChI is InChI=1S/C12H9N4/c13-9-3-1-2-8(6-9)11-7-15-12-10(16-11)4-5-14-12/h1-3,5-7H,13H2,(H,14,15). The minimum absolute atomic E-state index is 0.720. The first-order valence-electron chi connectivity index (χ1n) is 4.91. The van der Waals surface area contributed by atoms with Gasteiger partial charge in [0, 0.05) is 23.5 Å². The Morgan fingerprint density at radius 2 is 2.25 bits per heavy atom. The molecule has 0 bridgehead atoms. The predicted octanol–water partition coefficient (Wildman–Crippen LogP) is 2.01. The Morgan fingerprint density at radius 1 is 1.31 bits per heavy atom. The van der Waals surface area contributed by atoms with Crippen LogP contribution in [0.15, 0.2) is 36.7 Å². The van der Waals surface area contributed by atoms with Gasteiger partial charge in [0.15, 0.2) is 5.65 Å². The fraction of sp³-hybridized carbons (Fsp3) is 0. The van der Waals surface area contributed by atoms with Crippen LogP contribution in [0.2, 0.25) is 0 Å². The van der Waals surface area contributed by atoms with Gasteiger partial charge >= 0.3 is 0 Å². The second kappa shape index (κ2) is 3.34. The number of fused-ring (bicyclic) bond motifs is 1. The Balaban J connectivity index is 2.18. The summed E-state index contributed by atoms with van der Waals surface area (Å²) in [5.41, 5.74) is 9.69. The fourth-order valence-corrected chi connectivity index (χ4v) is 1.61. The molecule has 2 heterocycles. The van der Waals surface area contributed by atoms with Crippen molar-refractivity contribution in [1.29, 1.82) is 0 Å². The van der Waals surface area contributed by atoms with E-state index in [0.29, 0.717) is 0 Å². The second-order valence-corrected chi connectivity index (χ2v) is 3.51. The highest BCUT2D eigenvalue weighted by atomic mass is 14.9. The van der Waals surface area contributed by atoms with E-state index in [9.17, 15) is 0 Å². The van der Waals surface area contributed by atoms with Crippen molar-refractivity contribution < 1.29 is 0 Å². The van der Waals surface area contributed by atoms with Crippen LogP contribution in [0.3, 0.4) is 0 Å². The van der Waals surface area contributed by atoms with Crippen LogP contribution in [-0.4, -0.2) is 15.0 Å². The summed E-state index contributed by atoms with van der Waals surface area (Å²) in [6, 6.07) is 10.6. The van der Waals surface area contributed by atoms with Crippen molar-refractivity contribution in [2.75, 3.05) is 5.73 Å². The SMILES string of the molecule is Nc1cccc(-c2cnc3[nH]c[c]c3n2)c1. The van der Waals surface area contributed by atoms with Gasteiger partial charge in [-0.2, -0.15) is 0 Å². The van der Waals surface area contributed by atoms with Gasteiger partial charge in [-0.3, -0.25) is 0 Å². The summed E-state index contributed by atoms with van der Waals surface area (Å²) in [6.07, 6.45) is 3.43. The van der Waals surface area contributed by atoms with Crippen molar-refractivity contribution in [2.24, 2.45) is 0 Å². The summed E-state index contributed by atoms with van der Waals surface area (Å²) >= 11 is 0. The molecule has 0 saturated carbocycles. The summed E-state index contributed by atoms with van der Waals surface area (Å²) < 4.78 is 0. The molecule has 0 saturated heterocycles. The molecule has 0 fully saturated rings. The summed E-state index contributed by atoms with van der Waals surface area (Å²) in [5, 5.41) is 0. The molecule has 0 unspecified atom stereocenters. The van der Waals surface area contributed by atoms with Gasteiger partial charge in [-0.15, -0.1) is 0 Å². The first-order valence-corrected chi connectivity index (χ1v) is 4.91. The highest BCUT2D eigenvalue weighted by Gasteiger charge is 2.03. The van der Waals surface area contributed by atoms with Crippen LogP contribution in [0.1, 0.15) is 0 Å². The first kappa shape index (κ1) is 8.91. The van der Waals surface area contributed by atoms with Crippen molar-refractivity contribution in [3.63, 3.8) is 0 Å². The molecule has 2 aromatic heterocycles. The average molecular weight is 209 g/mol. The minimum atomic E-state index is 0.720. The van der Waals surface area contributed by atoms with Crippen LogP contribution in [0.25, 0.3) is 22.4 Å². The maximum Gasteiger partial charge on any atom is 0.156 e. The monoisotopic (exact) mass is 209 g/mol. The van der Waals surface area contributed by atoms with Crippen LogP contribution in [-0.2, 0) is 0 Å². The molecule has 0 aliphatic carbocycles. The van der Waals surface area contributed by atoms with E-state index in [0.717, 1.165) is 28.1 Å². The first-order chi connectivity index (χ1) is 7.83. The Morgan fingerprint density at radius 3 is 3.12 bits per heavy atom. The number of anilines is 1. The average Bonchev–Trinajstić information content (AvgIpc) is 2.75. The van der Waals surface area contributed by atoms with Gasteiger partial charge < -0.3 is 10.7 Å². The van der Waals surface area contributed by atoms with Crippen molar-refractivity contribution in [3.8, 4) is 11.3 Å². The van der Waals surface area contributed by atoms with E-state index >= 15 is 0 Å². The van der Waals surface area contributed by atoms with E-state index in [-0.39, 0.29) is 0 Å². The number of nitrogens with two attached hydrogens (primary N) is 1. The number of hydrogen-bond acceptors (Lipinski definition) is 3. The number of aromatic amines is 1. The van der Waals surface area contributed by atoms with Crippen LogP contribution in [0, 0.1) is 6.07 Å². The molecule has 4 nitrogen and oxygen atoms in total. The molecule has 3 rings (SSSR count). The lowest BCUT2D eigenvalue weighted by Crippen LogP contribution is -1.89. The number of rotatable bonds is 1. The second-order valence-electron chi connectivity index (χ2n) is 3.51. The molecule has 0 aliphatic heterocycles. The van der Waals surface area contributed by atoms with Crippen LogP contribution < -0.4 is 5.73 Å².